The van der Waals surface area contributed by atoms with Crippen LogP contribution < -0.4 is 10.2 Å². The van der Waals surface area contributed by atoms with Crippen LogP contribution in [0.5, 0.6) is 0 Å². The molecule has 3 rings (SSSR count). The number of ether oxygens (including phenoxy) is 1. The minimum atomic E-state index is -0.603. The van der Waals surface area contributed by atoms with Gasteiger partial charge in [-0.25, -0.2) is 13.6 Å². The van der Waals surface area contributed by atoms with Crippen LogP contribution in [0.3, 0.4) is 0 Å². The number of cyclic esters (lactones) is 1. The standard InChI is InChI=1S/C18H16F2N2O3/c1-11(23)21-9-15-10-22(18(24)25-15)14-5-6-16(17(20)8-14)12-3-2-4-13(19)7-12/h2-8,15H,9-10H2,1H3,(H,21,23). The molecule has 2 aromatic carbocycles. The molecule has 1 saturated heterocycles. The second-order valence-electron chi connectivity index (χ2n) is 5.73. The molecule has 0 spiro atoms. The molecule has 5 nitrogen and oxygen atoms in total. The van der Waals surface area contributed by atoms with E-state index in [9.17, 15) is 18.4 Å². The molecule has 7 heteroatoms. The summed E-state index contributed by atoms with van der Waals surface area (Å²) in [4.78, 5) is 24.2. The van der Waals surface area contributed by atoms with Crippen LogP contribution in [0.15, 0.2) is 42.5 Å². The Morgan fingerprint density at radius 1 is 1.28 bits per heavy atom. The summed E-state index contributed by atoms with van der Waals surface area (Å²) in [6, 6.07) is 9.91. The zero-order valence-electron chi connectivity index (χ0n) is 13.5. The van der Waals surface area contributed by atoms with Crippen molar-refractivity contribution in [3.05, 3.63) is 54.1 Å². The second-order valence-corrected chi connectivity index (χ2v) is 5.73. The molecule has 1 fully saturated rings. The summed E-state index contributed by atoms with van der Waals surface area (Å²) in [5, 5.41) is 2.57. The molecule has 1 unspecified atom stereocenters. The number of halogens is 2. The Balaban J connectivity index is 1.79. The molecule has 2 amide bonds. The highest BCUT2D eigenvalue weighted by atomic mass is 19.1. The Labute approximate surface area is 143 Å². The van der Waals surface area contributed by atoms with Gasteiger partial charge < -0.3 is 10.1 Å². The zero-order chi connectivity index (χ0) is 18.0. The maximum Gasteiger partial charge on any atom is 0.414 e. The summed E-state index contributed by atoms with van der Waals surface area (Å²) in [6.07, 6.45) is -1.10. The molecule has 1 aliphatic heterocycles. The maximum absolute atomic E-state index is 14.4. The van der Waals surface area contributed by atoms with Crippen molar-refractivity contribution < 1.29 is 23.1 Å². The van der Waals surface area contributed by atoms with Gasteiger partial charge in [0.05, 0.1) is 18.8 Å². The number of hydrogen-bond donors (Lipinski definition) is 1. The summed E-state index contributed by atoms with van der Waals surface area (Å²) in [6.45, 7) is 1.77. The molecular weight excluding hydrogens is 330 g/mol. The monoisotopic (exact) mass is 346 g/mol. The van der Waals surface area contributed by atoms with Crippen LogP contribution in [0.4, 0.5) is 19.3 Å². The van der Waals surface area contributed by atoms with Gasteiger partial charge in [-0.1, -0.05) is 12.1 Å². The third kappa shape index (κ3) is 3.76. The lowest BCUT2D eigenvalue weighted by molar-refractivity contribution is -0.119. The van der Waals surface area contributed by atoms with E-state index < -0.39 is 23.8 Å². The van der Waals surface area contributed by atoms with E-state index in [0.717, 1.165) is 0 Å². The molecule has 25 heavy (non-hydrogen) atoms. The number of benzene rings is 2. The van der Waals surface area contributed by atoms with Crippen molar-refractivity contribution in [1.82, 2.24) is 5.32 Å². The van der Waals surface area contributed by atoms with Gasteiger partial charge in [0.1, 0.15) is 17.7 Å². The lowest BCUT2D eigenvalue weighted by Crippen LogP contribution is -2.33. The van der Waals surface area contributed by atoms with Crippen LogP contribution in [0, 0.1) is 11.6 Å². The molecule has 2 aromatic rings. The number of rotatable bonds is 4. The Morgan fingerprint density at radius 3 is 2.76 bits per heavy atom. The van der Waals surface area contributed by atoms with Crippen LogP contribution in [-0.2, 0) is 9.53 Å². The first-order valence-corrected chi connectivity index (χ1v) is 7.72. The van der Waals surface area contributed by atoms with Crippen LogP contribution in [0.25, 0.3) is 11.1 Å². The Hall–Kier alpha value is -2.96. The molecule has 0 radical (unpaired) electrons. The van der Waals surface area contributed by atoms with Crippen molar-refractivity contribution in [2.45, 2.75) is 13.0 Å². The van der Waals surface area contributed by atoms with E-state index in [1.165, 1.54) is 42.2 Å². The van der Waals surface area contributed by atoms with E-state index >= 15 is 0 Å². The first-order chi connectivity index (χ1) is 11.9. The Kier molecular flexibility index (Phi) is 4.65. The SMILES string of the molecule is CC(=O)NCC1CN(c2ccc(-c3cccc(F)c3)c(F)c2)C(=O)O1. The fraction of sp³-hybridized carbons (Fsp3) is 0.222. The van der Waals surface area contributed by atoms with E-state index in [4.69, 9.17) is 4.74 Å². The van der Waals surface area contributed by atoms with E-state index in [-0.39, 0.29) is 24.6 Å². The highest BCUT2D eigenvalue weighted by Gasteiger charge is 2.32. The Morgan fingerprint density at radius 2 is 2.08 bits per heavy atom. The fourth-order valence-electron chi connectivity index (χ4n) is 2.66. The van der Waals surface area contributed by atoms with Gasteiger partial charge >= 0.3 is 6.09 Å². The normalized spacial score (nSPS) is 16.7. The average Bonchev–Trinajstić information content (AvgIpc) is 2.94. The number of nitrogens with zero attached hydrogens (tertiary/aromatic N) is 1. The van der Waals surface area contributed by atoms with Crippen LogP contribution in [-0.4, -0.2) is 31.2 Å². The molecule has 1 aliphatic rings. The fourth-order valence-corrected chi connectivity index (χ4v) is 2.66. The lowest BCUT2D eigenvalue weighted by Gasteiger charge is -2.14. The highest BCUT2D eigenvalue weighted by molar-refractivity contribution is 5.90. The van der Waals surface area contributed by atoms with E-state index in [1.807, 2.05) is 0 Å². The number of hydrogen-bond acceptors (Lipinski definition) is 3. The van der Waals surface area contributed by atoms with E-state index in [1.54, 1.807) is 12.1 Å². The quantitative estimate of drug-likeness (QED) is 0.925. The topological polar surface area (TPSA) is 58.6 Å². The van der Waals surface area contributed by atoms with Gasteiger partial charge in [0.15, 0.2) is 0 Å². The molecule has 0 bridgehead atoms. The zero-order valence-corrected chi connectivity index (χ0v) is 13.5. The summed E-state index contributed by atoms with van der Waals surface area (Å²) in [5.41, 5.74) is 0.996. The molecule has 0 saturated carbocycles. The van der Waals surface area contributed by atoms with Crippen LogP contribution in [0.2, 0.25) is 0 Å². The van der Waals surface area contributed by atoms with Crippen molar-refractivity contribution in [3.63, 3.8) is 0 Å². The molecule has 1 N–H and O–H groups in total. The highest BCUT2D eigenvalue weighted by Crippen LogP contribution is 2.29. The molecule has 0 aliphatic carbocycles. The predicted octanol–water partition coefficient (Wildman–Crippen LogP) is 3.09. The van der Waals surface area contributed by atoms with E-state index in [2.05, 4.69) is 5.32 Å². The number of amides is 2. The van der Waals surface area contributed by atoms with Gasteiger partial charge in [-0.3, -0.25) is 9.69 Å². The van der Waals surface area contributed by atoms with Crippen LogP contribution in [0.1, 0.15) is 6.92 Å². The number of anilines is 1. The number of carbonyl (C=O) groups is 2. The van der Waals surface area contributed by atoms with Gasteiger partial charge in [-0.2, -0.15) is 0 Å². The average molecular weight is 346 g/mol. The minimum absolute atomic E-state index is 0.196. The minimum Gasteiger partial charge on any atom is -0.442 e. The van der Waals surface area contributed by atoms with Crippen LogP contribution >= 0.6 is 0 Å². The van der Waals surface area contributed by atoms with Gasteiger partial charge in [0.25, 0.3) is 0 Å². The summed E-state index contributed by atoms with van der Waals surface area (Å²) < 4.78 is 32.9. The third-order valence-corrected chi connectivity index (χ3v) is 3.85. The lowest BCUT2D eigenvalue weighted by atomic mass is 10.0. The van der Waals surface area contributed by atoms with Gasteiger partial charge in [0, 0.05) is 12.5 Å². The first-order valence-electron chi connectivity index (χ1n) is 7.72. The van der Waals surface area contributed by atoms with Crippen molar-refractivity contribution in [2.75, 3.05) is 18.0 Å². The van der Waals surface area contributed by atoms with Gasteiger partial charge in [-0.15, -0.1) is 0 Å². The van der Waals surface area contributed by atoms with Crippen molar-refractivity contribution in [3.8, 4) is 11.1 Å². The summed E-state index contributed by atoms with van der Waals surface area (Å²) in [5.74, 6) is -1.24. The smallest absolute Gasteiger partial charge is 0.414 e. The number of carbonyl (C=O) groups excluding carboxylic acids is 2. The molecule has 1 heterocycles. The van der Waals surface area contributed by atoms with Gasteiger partial charge in [-0.05, 0) is 35.9 Å². The largest absolute Gasteiger partial charge is 0.442 e. The molecule has 1 atom stereocenters. The number of nitrogens with one attached hydrogen (secondary N) is 1. The molecule has 130 valence electrons. The maximum atomic E-state index is 14.4. The second kappa shape index (κ2) is 6.88. The van der Waals surface area contributed by atoms with Gasteiger partial charge in [0.2, 0.25) is 5.91 Å². The van der Waals surface area contributed by atoms with Crippen molar-refractivity contribution in [1.29, 1.82) is 0 Å². The summed E-state index contributed by atoms with van der Waals surface area (Å²) in [7, 11) is 0. The van der Waals surface area contributed by atoms with Crippen molar-refractivity contribution in [2.24, 2.45) is 0 Å². The van der Waals surface area contributed by atoms with Crippen molar-refractivity contribution >= 4 is 17.7 Å². The predicted molar refractivity (Wildman–Crippen MR) is 88.1 cm³/mol. The van der Waals surface area contributed by atoms with E-state index in [0.29, 0.717) is 11.3 Å². The Bertz CT molecular complexity index is 826. The first kappa shape index (κ1) is 16.9. The summed E-state index contributed by atoms with van der Waals surface area (Å²) >= 11 is 0. The third-order valence-electron chi connectivity index (χ3n) is 3.85. The molecule has 0 aromatic heterocycles. The molecular formula is C18H16F2N2O3.